The maximum atomic E-state index is 13.1. The molecule has 0 aromatic heterocycles. The number of nitrogens with one attached hydrogen (secondary N) is 1. The molecular weight excluding hydrogens is 320 g/mol. The second kappa shape index (κ2) is 5.25. The molecule has 1 fully saturated rings. The van der Waals surface area contributed by atoms with E-state index in [2.05, 4.69) is 14.8 Å². The van der Waals surface area contributed by atoms with E-state index in [1.165, 1.54) is 0 Å². The molecule has 0 saturated carbocycles. The number of carbonyl (C=O) groups excluding carboxylic acids is 1. The van der Waals surface area contributed by atoms with Gasteiger partial charge in [0.1, 0.15) is 12.4 Å². The quantitative estimate of drug-likeness (QED) is 0.845. The Bertz CT molecular complexity index is 596. The number of rotatable bonds is 2. The van der Waals surface area contributed by atoms with Gasteiger partial charge in [-0.25, -0.2) is 4.79 Å². The number of amides is 1. The maximum absolute atomic E-state index is 13.1. The number of ether oxygens (including phenoxy) is 2. The molecule has 4 nitrogen and oxygen atoms in total. The summed E-state index contributed by atoms with van der Waals surface area (Å²) in [7, 11) is 0.941. The Hall–Kier alpha value is -2.13. The monoisotopic (exact) mass is 329 g/mol. The minimum atomic E-state index is -5.06. The highest BCUT2D eigenvalue weighted by Crippen LogP contribution is 2.44. The van der Waals surface area contributed by atoms with Crippen molar-refractivity contribution in [3.8, 4) is 5.75 Å². The standard InChI is InChI=1S/C12H9F6NO3/c1-21-8-3-5(11(13,14)15)2-6(12(16,17)18)9(8)7-4-22-10(20)19-7/h2-3,7H,4H2,1H3,(H,19,20)/t7-/m0/s1. The smallest absolute Gasteiger partial charge is 0.416 e. The third-order valence-corrected chi connectivity index (χ3v) is 3.02. The number of alkyl halides is 6. The molecule has 1 amide bonds. The first kappa shape index (κ1) is 16.2. The number of hydrogen-bond donors (Lipinski definition) is 1. The van der Waals surface area contributed by atoms with Crippen LogP contribution in [0.15, 0.2) is 12.1 Å². The van der Waals surface area contributed by atoms with Crippen LogP contribution in [0.1, 0.15) is 22.7 Å². The summed E-state index contributed by atoms with van der Waals surface area (Å²) in [6.45, 7) is -0.441. The van der Waals surface area contributed by atoms with Gasteiger partial charge in [-0.1, -0.05) is 0 Å². The van der Waals surface area contributed by atoms with Crippen molar-refractivity contribution in [1.82, 2.24) is 5.32 Å². The van der Waals surface area contributed by atoms with Gasteiger partial charge in [-0.3, -0.25) is 0 Å². The Labute approximate surface area is 120 Å². The summed E-state index contributed by atoms with van der Waals surface area (Å²) in [6.07, 6.45) is -11.0. The molecule has 0 bridgehead atoms. The fourth-order valence-electron chi connectivity index (χ4n) is 2.09. The average Bonchev–Trinajstić information content (AvgIpc) is 2.81. The van der Waals surface area contributed by atoms with Crippen molar-refractivity contribution in [1.29, 1.82) is 0 Å². The highest BCUT2D eigenvalue weighted by Gasteiger charge is 2.43. The van der Waals surface area contributed by atoms with Gasteiger partial charge < -0.3 is 14.8 Å². The zero-order valence-electron chi connectivity index (χ0n) is 10.9. The number of halogens is 6. The minimum absolute atomic E-state index is 0.0116. The molecule has 1 aliphatic rings. The number of cyclic esters (lactones) is 1. The summed E-state index contributed by atoms with van der Waals surface area (Å²) in [5, 5.41) is 2.09. The van der Waals surface area contributed by atoms with Crippen molar-refractivity contribution in [2.45, 2.75) is 18.4 Å². The first-order valence-corrected chi connectivity index (χ1v) is 5.83. The van der Waals surface area contributed by atoms with Gasteiger partial charge in [0.25, 0.3) is 0 Å². The van der Waals surface area contributed by atoms with Crippen molar-refractivity contribution < 1.29 is 40.6 Å². The third-order valence-electron chi connectivity index (χ3n) is 3.02. The number of carbonyl (C=O) groups is 1. The maximum Gasteiger partial charge on any atom is 0.416 e. The molecular formula is C12H9F6NO3. The summed E-state index contributed by atoms with van der Waals surface area (Å²) in [5.41, 5.74) is -3.63. The summed E-state index contributed by atoms with van der Waals surface area (Å²) in [4.78, 5) is 11.0. The highest BCUT2D eigenvalue weighted by atomic mass is 19.4. The van der Waals surface area contributed by atoms with E-state index < -0.39 is 53.5 Å². The largest absolute Gasteiger partial charge is 0.496 e. The second-order valence-electron chi connectivity index (χ2n) is 4.43. The van der Waals surface area contributed by atoms with Crippen LogP contribution in [-0.4, -0.2) is 19.8 Å². The van der Waals surface area contributed by atoms with E-state index in [0.29, 0.717) is 6.07 Å². The van der Waals surface area contributed by atoms with E-state index in [-0.39, 0.29) is 6.07 Å². The molecule has 1 aromatic carbocycles. The lowest BCUT2D eigenvalue weighted by atomic mass is 9.96. The molecule has 2 rings (SSSR count). The van der Waals surface area contributed by atoms with Crippen molar-refractivity contribution in [2.24, 2.45) is 0 Å². The molecule has 0 aliphatic carbocycles. The summed E-state index contributed by atoms with van der Waals surface area (Å²) in [5.74, 6) is -0.627. The van der Waals surface area contributed by atoms with Gasteiger partial charge in [-0.05, 0) is 12.1 Å². The molecule has 0 radical (unpaired) electrons. The van der Waals surface area contributed by atoms with E-state index >= 15 is 0 Å². The van der Waals surface area contributed by atoms with Crippen molar-refractivity contribution >= 4 is 6.09 Å². The van der Waals surface area contributed by atoms with Crippen LogP contribution in [0.5, 0.6) is 5.75 Å². The molecule has 0 spiro atoms. The Balaban J connectivity index is 2.67. The van der Waals surface area contributed by atoms with Gasteiger partial charge in [0, 0.05) is 5.56 Å². The number of hydrogen-bond acceptors (Lipinski definition) is 3. The number of benzene rings is 1. The van der Waals surface area contributed by atoms with Crippen LogP contribution in [-0.2, 0) is 17.1 Å². The van der Waals surface area contributed by atoms with Gasteiger partial charge in [0.15, 0.2) is 0 Å². The Morgan fingerprint density at radius 2 is 1.82 bits per heavy atom. The molecule has 1 saturated heterocycles. The molecule has 122 valence electrons. The predicted molar refractivity (Wildman–Crippen MR) is 60.2 cm³/mol. The molecule has 22 heavy (non-hydrogen) atoms. The minimum Gasteiger partial charge on any atom is -0.496 e. The van der Waals surface area contributed by atoms with E-state index in [9.17, 15) is 31.1 Å². The molecule has 0 unspecified atom stereocenters. The Morgan fingerprint density at radius 1 is 1.18 bits per heavy atom. The lowest BCUT2D eigenvalue weighted by Crippen LogP contribution is -2.24. The van der Waals surface area contributed by atoms with Gasteiger partial charge in [-0.15, -0.1) is 0 Å². The van der Waals surface area contributed by atoms with Crippen LogP contribution in [0.4, 0.5) is 31.1 Å². The first-order chi connectivity index (χ1) is 10.0. The number of methoxy groups -OCH3 is 1. The van der Waals surface area contributed by atoms with Crippen LogP contribution >= 0.6 is 0 Å². The van der Waals surface area contributed by atoms with E-state index in [4.69, 9.17) is 0 Å². The lowest BCUT2D eigenvalue weighted by Gasteiger charge is -2.21. The van der Waals surface area contributed by atoms with Crippen molar-refractivity contribution in [3.05, 3.63) is 28.8 Å². The lowest BCUT2D eigenvalue weighted by molar-refractivity contribution is -0.143. The van der Waals surface area contributed by atoms with Crippen molar-refractivity contribution in [3.63, 3.8) is 0 Å². The first-order valence-electron chi connectivity index (χ1n) is 5.83. The van der Waals surface area contributed by atoms with Crippen LogP contribution in [0, 0.1) is 0 Å². The molecule has 10 heteroatoms. The molecule has 1 atom stereocenters. The van der Waals surface area contributed by atoms with Crippen LogP contribution in [0.2, 0.25) is 0 Å². The predicted octanol–water partition coefficient (Wildman–Crippen LogP) is 3.51. The Morgan fingerprint density at radius 3 is 2.23 bits per heavy atom. The van der Waals surface area contributed by atoms with Gasteiger partial charge in [0.2, 0.25) is 0 Å². The SMILES string of the molecule is COc1cc(C(F)(F)F)cc(C(F)(F)F)c1[C@@H]1COC(=O)N1. The van der Waals surface area contributed by atoms with Gasteiger partial charge in [0.05, 0.1) is 24.3 Å². The van der Waals surface area contributed by atoms with E-state index in [1.807, 2.05) is 0 Å². The normalized spacial score (nSPS) is 18.9. The second-order valence-corrected chi connectivity index (χ2v) is 4.43. The third kappa shape index (κ3) is 3.04. The average molecular weight is 329 g/mol. The highest BCUT2D eigenvalue weighted by molar-refractivity contribution is 5.70. The van der Waals surface area contributed by atoms with E-state index in [1.54, 1.807) is 0 Å². The molecule has 1 heterocycles. The van der Waals surface area contributed by atoms with Crippen LogP contribution in [0.3, 0.4) is 0 Å². The Kier molecular flexibility index (Phi) is 3.88. The number of alkyl carbamates (subject to hydrolysis) is 1. The van der Waals surface area contributed by atoms with Crippen molar-refractivity contribution in [2.75, 3.05) is 13.7 Å². The topological polar surface area (TPSA) is 47.6 Å². The fourth-order valence-corrected chi connectivity index (χ4v) is 2.09. The summed E-state index contributed by atoms with van der Waals surface area (Å²) in [6, 6.07) is -0.807. The van der Waals surface area contributed by atoms with Gasteiger partial charge in [-0.2, -0.15) is 26.3 Å². The van der Waals surface area contributed by atoms with E-state index in [0.717, 1.165) is 7.11 Å². The fraction of sp³-hybridized carbons (Fsp3) is 0.417. The molecule has 1 N–H and O–H groups in total. The van der Waals surface area contributed by atoms with Gasteiger partial charge >= 0.3 is 18.4 Å². The zero-order valence-corrected chi connectivity index (χ0v) is 10.9. The molecule has 1 aliphatic heterocycles. The summed E-state index contributed by atoms with van der Waals surface area (Å²) >= 11 is 0. The summed E-state index contributed by atoms with van der Waals surface area (Å²) < 4.78 is 86.6. The van der Waals surface area contributed by atoms with Crippen LogP contribution in [0.25, 0.3) is 0 Å². The molecule has 1 aromatic rings. The van der Waals surface area contributed by atoms with Crippen LogP contribution < -0.4 is 10.1 Å². The zero-order chi connectivity index (χ0) is 16.7.